The van der Waals surface area contributed by atoms with Crippen molar-refractivity contribution in [2.45, 2.75) is 26.3 Å². The van der Waals surface area contributed by atoms with Gasteiger partial charge in [0, 0.05) is 24.7 Å². The molecule has 0 aliphatic heterocycles. The molecular formula is C19H25N3O3. The summed E-state index contributed by atoms with van der Waals surface area (Å²) >= 11 is 0. The van der Waals surface area contributed by atoms with Gasteiger partial charge in [-0.2, -0.15) is 0 Å². The van der Waals surface area contributed by atoms with Gasteiger partial charge in [-0.25, -0.2) is 0 Å². The molecule has 2 atom stereocenters. The summed E-state index contributed by atoms with van der Waals surface area (Å²) in [6.07, 6.45) is 2.12. The number of hydrogen-bond acceptors (Lipinski definition) is 4. The second-order valence-corrected chi connectivity index (χ2v) is 6.06. The quantitative estimate of drug-likeness (QED) is 0.640. The highest BCUT2D eigenvalue weighted by Crippen LogP contribution is 2.18. The molecule has 134 valence electrons. The van der Waals surface area contributed by atoms with E-state index in [9.17, 15) is 9.59 Å². The van der Waals surface area contributed by atoms with E-state index in [1.54, 1.807) is 6.07 Å². The summed E-state index contributed by atoms with van der Waals surface area (Å²) in [6, 6.07) is 11.0. The Kier molecular flexibility index (Phi) is 6.77. The molecule has 1 heterocycles. The van der Waals surface area contributed by atoms with Gasteiger partial charge in [0.05, 0.1) is 12.2 Å². The van der Waals surface area contributed by atoms with Crippen molar-refractivity contribution in [2.75, 3.05) is 13.1 Å². The molecule has 1 aromatic heterocycles. The Labute approximate surface area is 147 Å². The number of furan rings is 1. The van der Waals surface area contributed by atoms with Gasteiger partial charge in [0.1, 0.15) is 0 Å². The predicted octanol–water partition coefficient (Wildman–Crippen LogP) is 2.16. The second-order valence-electron chi connectivity index (χ2n) is 6.06. The molecule has 0 saturated heterocycles. The zero-order chi connectivity index (χ0) is 18.2. The fourth-order valence-electron chi connectivity index (χ4n) is 2.48. The van der Waals surface area contributed by atoms with Gasteiger partial charge in [-0.05, 0) is 25.0 Å². The van der Waals surface area contributed by atoms with E-state index in [1.807, 2.05) is 44.2 Å². The molecule has 2 amide bonds. The lowest BCUT2D eigenvalue weighted by Gasteiger charge is -2.19. The van der Waals surface area contributed by atoms with Gasteiger partial charge in [-0.1, -0.05) is 37.3 Å². The van der Waals surface area contributed by atoms with Crippen LogP contribution >= 0.6 is 0 Å². The maximum Gasteiger partial charge on any atom is 0.287 e. The monoisotopic (exact) mass is 343 g/mol. The summed E-state index contributed by atoms with van der Waals surface area (Å²) < 4.78 is 5.13. The zero-order valence-corrected chi connectivity index (χ0v) is 14.6. The first-order chi connectivity index (χ1) is 12.0. The SMILES string of the molecule is Cc1ccoc1C(=O)NCCCNC(=O)C(C)C(N)c1ccccc1. The molecule has 4 N–H and O–H groups in total. The van der Waals surface area contributed by atoms with Crippen molar-refractivity contribution in [1.29, 1.82) is 0 Å². The summed E-state index contributed by atoms with van der Waals surface area (Å²) in [5, 5.41) is 5.63. The number of amides is 2. The van der Waals surface area contributed by atoms with Crippen LogP contribution in [0.15, 0.2) is 47.1 Å². The van der Waals surface area contributed by atoms with E-state index in [0.717, 1.165) is 11.1 Å². The Morgan fingerprint density at radius 3 is 2.44 bits per heavy atom. The highest BCUT2D eigenvalue weighted by atomic mass is 16.3. The fourth-order valence-corrected chi connectivity index (χ4v) is 2.48. The minimum atomic E-state index is -0.345. The normalized spacial score (nSPS) is 13.1. The van der Waals surface area contributed by atoms with Gasteiger partial charge in [-0.15, -0.1) is 0 Å². The van der Waals surface area contributed by atoms with Crippen LogP contribution in [0, 0.1) is 12.8 Å². The maximum absolute atomic E-state index is 12.2. The minimum absolute atomic E-state index is 0.0930. The topological polar surface area (TPSA) is 97.4 Å². The van der Waals surface area contributed by atoms with E-state index in [0.29, 0.717) is 25.3 Å². The minimum Gasteiger partial charge on any atom is -0.459 e. The molecule has 2 unspecified atom stereocenters. The Morgan fingerprint density at radius 1 is 1.12 bits per heavy atom. The molecule has 2 rings (SSSR count). The number of carbonyl (C=O) groups excluding carboxylic acids is 2. The molecular weight excluding hydrogens is 318 g/mol. The molecule has 0 saturated carbocycles. The van der Waals surface area contributed by atoms with Crippen LogP contribution in [0.2, 0.25) is 0 Å². The third kappa shape index (κ3) is 5.19. The first kappa shape index (κ1) is 18.7. The molecule has 25 heavy (non-hydrogen) atoms. The molecule has 1 aromatic carbocycles. The summed E-state index contributed by atoms with van der Waals surface area (Å²) in [5.74, 6) is -0.341. The number of rotatable bonds is 8. The first-order valence-electron chi connectivity index (χ1n) is 8.41. The van der Waals surface area contributed by atoms with Crippen LogP contribution in [0.1, 0.15) is 41.1 Å². The van der Waals surface area contributed by atoms with E-state index < -0.39 is 0 Å². The third-order valence-corrected chi connectivity index (χ3v) is 4.14. The average Bonchev–Trinajstić information content (AvgIpc) is 3.06. The number of benzene rings is 1. The number of nitrogens with one attached hydrogen (secondary N) is 2. The van der Waals surface area contributed by atoms with Crippen LogP contribution in [0.25, 0.3) is 0 Å². The molecule has 6 nitrogen and oxygen atoms in total. The van der Waals surface area contributed by atoms with Crippen LogP contribution < -0.4 is 16.4 Å². The standard InChI is InChI=1S/C19H25N3O3/c1-13-9-12-25-17(13)19(24)22-11-6-10-21-18(23)14(2)16(20)15-7-4-3-5-8-15/h3-5,7-9,12,14,16H,6,10-11,20H2,1-2H3,(H,21,23)(H,22,24). The number of aryl methyl sites for hydroxylation is 1. The Bertz CT molecular complexity index is 697. The van der Waals surface area contributed by atoms with E-state index in [1.165, 1.54) is 6.26 Å². The Balaban J connectivity index is 1.68. The Morgan fingerprint density at radius 2 is 1.80 bits per heavy atom. The van der Waals surface area contributed by atoms with Gasteiger partial charge in [-0.3, -0.25) is 9.59 Å². The van der Waals surface area contributed by atoms with Crippen molar-refractivity contribution in [1.82, 2.24) is 10.6 Å². The summed E-state index contributed by atoms with van der Waals surface area (Å²) in [5.41, 5.74) is 7.89. The molecule has 0 spiro atoms. The molecule has 0 bridgehead atoms. The maximum atomic E-state index is 12.2. The van der Waals surface area contributed by atoms with Gasteiger partial charge < -0.3 is 20.8 Å². The molecule has 0 fully saturated rings. The lowest BCUT2D eigenvalue weighted by molar-refractivity contribution is -0.125. The third-order valence-electron chi connectivity index (χ3n) is 4.14. The number of hydrogen-bond donors (Lipinski definition) is 3. The van der Waals surface area contributed by atoms with Crippen molar-refractivity contribution in [3.05, 3.63) is 59.5 Å². The lowest BCUT2D eigenvalue weighted by Crippen LogP contribution is -2.37. The molecule has 0 aliphatic rings. The van der Waals surface area contributed by atoms with Crippen molar-refractivity contribution in [3.63, 3.8) is 0 Å². The first-order valence-corrected chi connectivity index (χ1v) is 8.41. The highest BCUT2D eigenvalue weighted by Gasteiger charge is 2.21. The highest BCUT2D eigenvalue weighted by molar-refractivity contribution is 5.92. The van der Waals surface area contributed by atoms with Crippen LogP contribution in [-0.2, 0) is 4.79 Å². The molecule has 0 aliphatic carbocycles. The zero-order valence-electron chi connectivity index (χ0n) is 14.6. The molecule has 6 heteroatoms. The van der Waals surface area contributed by atoms with E-state index in [2.05, 4.69) is 10.6 Å². The van der Waals surface area contributed by atoms with Crippen LogP contribution in [0.5, 0.6) is 0 Å². The lowest BCUT2D eigenvalue weighted by atomic mass is 9.95. The summed E-state index contributed by atoms with van der Waals surface area (Å²) in [4.78, 5) is 24.1. The van der Waals surface area contributed by atoms with Gasteiger partial charge in [0.15, 0.2) is 5.76 Å². The van der Waals surface area contributed by atoms with Gasteiger partial charge >= 0.3 is 0 Å². The van der Waals surface area contributed by atoms with E-state index in [4.69, 9.17) is 10.2 Å². The van der Waals surface area contributed by atoms with Gasteiger partial charge in [0.2, 0.25) is 5.91 Å². The smallest absolute Gasteiger partial charge is 0.287 e. The van der Waals surface area contributed by atoms with Crippen molar-refractivity contribution >= 4 is 11.8 Å². The molecule has 2 aromatic rings. The predicted molar refractivity (Wildman–Crippen MR) is 95.9 cm³/mol. The van der Waals surface area contributed by atoms with E-state index in [-0.39, 0.29) is 23.8 Å². The summed E-state index contributed by atoms with van der Waals surface area (Å²) in [6.45, 7) is 4.56. The van der Waals surface area contributed by atoms with Crippen LogP contribution in [0.3, 0.4) is 0 Å². The summed E-state index contributed by atoms with van der Waals surface area (Å²) in [7, 11) is 0. The van der Waals surface area contributed by atoms with E-state index >= 15 is 0 Å². The number of nitrogens with two attached hydrogens (primary N) is 1. The second kappa shape index (κ2) is 9.03. The largest absolute Gasteiger partial charge is 0.459 e. The van der Waals surface area contributed by atoms with Crippen molar-refractivity contribution in [2.24, 2.45) is 11.7 Å². The molecule has 0 radical (unpaired) electrons. The number of carbonyl (C=O) groups is 2. The average molecular weight is 343 g/mol. The fraction of sp³-hybridized carbons (Fsp3) is 0.368. The van der Waals surface area contributed by atoms with Crippen LogP contribution in [0.4, 0.5) is 0 Å². The van der Waals surface area contributed by atoms with Crippen molar-refractivity contribution < 1.29 is 14.0 Å². The van der Waals surface area contributed by atoms with Gasteiger partial charge in [0.25, 0.3) is 5.91 Å². The Hall–Kier alpha value is -2.60. The van der Waals surface area contributed by atoms with Crippen molar-refractivity contribution in [3.8, 4) is 0 Å². The van der Waals surface area contributed by atoms with Crippen LogP contribution in [-0.4, -0.2) is 24.9 Å².